The molecule has 1 N–H and O–H groups in total. The minimum Gasteiger partial charge on any atom is -0.493 e. The molecule has 0 saturated carbocycles. The van der Waals surface area contributed by atoms with Gasteiger partial charge in [0, 0.05) is 24.6 Å². The first-order chi connectivity index (χ1) is 17.5. The molecule has 4 rings (SSSR count). The Balaban J connectivity index is 1.67. The molecule has 37 heavy (non-hydrogen) atoms. The molecule has 0 unspecified atom stereocenters. The average molecular weight is 526 g/mol. The van der Waals surface area contributed by atoms with Gasteiger partial charge >= 0.3 is 5.97 Å². The van der Waals surface area contributed by atoms with Crippen LogP contribution in [0.25, 0.3) is 6.08 Å². The summed E-state index contributed by atoms with van der Waals surface area (Å²) in [5.41, 5.74) is 3.20. The van der Waals surface area contributed by atoms with Crippen LogP contribution in [0.15, 0.2) is 63.6 Å². The van der Waals surface area contributed by atoms with Gasteiger partial charge in [-0.05, 0) is 60.7 Å². The summed E-state index contributed by atoms with van der Waals surface area (Å²) in [6.45, 7) is 8.10. The van der Waals surface area contributed by atoms with Crippen LogP contribution in [0.1, 0.15) is 43.2 Å². The van der Waals surface area contributed by atoms with Crippen molar-refractivity contribution in [3.05, 3.63) is 76.6 Å². The summed E-state index contributed by atoms with van der Waals surface area (Å²) in [6.07, 6.45) is 2.27. The SMILES string of the molecule is CC(=Cc1ccc(COc2cc3c(cc2N(CC(C)C)S(=O)(=O)c2ccc(C)o2)CCO3)cc1)C(=O)O. The molecule has 1 aliphatic rings. The van der Waals surface area contributed by atoms with Gasteiger partial charge in [0.15, 0.2) is 0 Å². The maximum absolute atomic E-state index is 13.7. The standard InChI is InChI=1S/C28H31NO7S/c1-18(2)16-29(37(32,33)27-10-5-20(4)36-27)24-14-23-11-12-34-25(23)15-26(24)35-17-22-8-6-21(7-9-22)13-19(3)28(30)31/h5-10,13-15,18H,11-12,16-17H2,1-4H3,(H,30,31). The second-order valence-electron chi connectivity index (χ2n) is 9.48. The summed E-state index contributed by atoms with van der Waals surface area (Å²) in [5.74, 6) is 0.652. The van der Waals surface area contributed by atoms with E-state index in [9.17, 15) is 13.2 Å². The van der Waals surface area contributed by atoms with Gasteiger partial charge in [-0.25, -0.2) is 4.79 Å². The number of anilines is 1. The molecule has 196 valence electrons. The molecular formula is C28H31NO7S. The molecule has 1 aliphatic heterocycles. The largest absolute Gasteiger partial charge is 0.493 e. The molecule has 2 heterocycles. The number of nitrogens with zero attached hydrogens (tertiary/aromatic N) is 1. The highest BCUT2D eigenvalue weighted by Gasteiger charge is 2.32. The number of rotatable bonds is 10. The zero-order chi connectivity index (χ0) is 26.7. The van der Waals surface area contributed by atoms with Gasteiger partial charge in [0.2, 0.25) is 5.09 Å². The van der Waals surface area contributed by atoms with E-state index < -0.39 is 16.0 Å². The Morgan fingerprint density at radius 2 is 1.89 bits per heavy atom. The number of sulfonamides is 1. The fourth-order valence-electron chi connectivity index (χ4n) is 4.00. The van der Waals surface area contributed by atoms with E-state index in [1.165, 1.54) is 17.3 Å². The zero-order valence-corrected chi connectivity index (χ0v) is 22.2. The van der Waals surface area contributed by atoms with Crippen molar-refractivity contribution in [1.82, 2.24) is 0 Å². The summed E-state index contributed by atoms with van der Waals surface area (Å²) in [6, 6.07) is 14.0. The van der Waals surface area contributed by atoms with Crippen LogP contribution in [0.4, 0.5) is 5.69 Å². The maximum atomic E-state index is 13.7. The molecule has 0 amide bonds. The van der Waals surface area contributed by atoms with Crippen molar-refractivity contribution < 1.29 is 32.2 Å². The first-order valence-electron chi connectivity index (χ1n) is 12.1. The van der Waals surface area contributed by atoms with Gasteiger partial charge in [-0.2, -0.15) is 8.42 Å². The molecule has 8 nitrogen and oxygen atoms in total. The van der Waals surface area contributed by atoms with Crippen molar-refractivity contribution >= 4 is 27.8 Å². The number of hydrogen-bond donors (Lipinski definition) is 1. The number of carbonyl (C=O) groups is 1. The van der Waals surface area contributed by atoms with Gasteiger partial charge in [-0.1, -0.05) is 38.1 Å². The van der Waals surface area contributed by atoms with E-state index >= 15 is 0 Å². The molecule has 0 spiro atoms. The summed E-state index contributed by atoms with van der Waals surface area (Å²) in [4.78, 5) is 11.1. The molecule has 3 aromatic rings. The first kappa shape index (κ1) is 26.3. The van der Waals surface area contributed by atoms with E-state index in [1.54, 1.807) is 25.1 Å². The molecule has 0 bridgehead atoms. The molecule has 0 atom stereocenters. The second kappa shape index (κ2) is 10.7. The topological polar surface area (TPSA) is 106 Å². The molecule has 1 aromatic heterocycles. The van der Waals surface area contributed by atoms with Crippen LogP contribution < -0.4 is 13.8 Å². The Labute approximate surface area is 217 Å². The van der Waals surface area contributed by atoms with Crippen LogP contribution in [0.2, 0.25) is 0 Å². The first-order valence-corrected chi connectivity index (χ1v) is 13.5. The van der Waals surface area contributed by atoms with Crippen LogP contribution in [0, 0.1) is 12.8 Å². The van der Waals surface area contributed by atoms with Gasteiger partial charge in [0.05, 0.1) is 12.3 Å². The summed E-state index contributed by atoms with van der Waals surface area (Å²) in [7, 11) is -3.98. The summed E-state index contributed by atoms with van der Waals surface area (Å²) < 4.78 is 46.1. The maximum Gasteiger partial charge on any atom is 0.331 e. The van der Waals surface area contributed by atoms with Crippen LogP contribution in [0.5, 0.6) is 11.5 Å². The molecule has 0 aliphatic carbocycles. The van der Waals surface area contributed by atoms with E-state index in [4.69, 9.17) is 19.0 Å². The molecule has 2 aromatic carbocycles. The third kappa shape index (κ3) is 5.99. The average Bonchev–Trinajstić information content (AvgIpc) is 3.50. The molecule has 0 radical (unpaired) electrons. The lowest BCUT2D eigenvalue weighted by molar-refractivity contribution is -0.132. The number of benzene rings is 2. The fourth-order valence-corrected chi connectivity index (χ4v) is 5.59. The number of aryl methyl sites for hydroxylation is 1. The Kier molecular flexibility index (Phi) is 7.63. The van der Waals surface area contributed by atoms with Crippen LogP contribution in [-0.2, 0) is 27.8 Å². The minimum atomic E-state index is -3.98. The predicted octanol–water partition coefficient (Wildman–Crippen LogP) is 5.44. The number of aliphatic carboxylic acids is 1. The third-order valence-electron chi connectivity index (χ3n) is 5.93. The second-order valence-corrected chi connectivity index (χ2v) is 11.3. The lowest BCUT2D eigenvalue weighted by Crippen LogP contribution is -2.34. The highest BCUT2D eigenvalue weighted by atomic mass is 32.2. The quantitative estimate of drug-likeness (QED) is 0.351. The Bertz CT molecular complexity index is 1420. The number of ether oxygens (including phenoxy) is 2. The van der Waals surface area contributed by atoms with Crippen molar-refractivity contribution in [3.8, 4) is 11.5 Å². The van der Waals surface area contributed by atoms with Gasteiger partial charge in [-0.3, -0.25) is 4.31 Å². The molecule has 0 fully saturated rings. The summed E-state index contributed by atoms with van der Waals surface area (Å²) >= 11 is 0. The van der Waals surface area contributed by atoms with E-state index in [0.29, 0.717) is 36.0 Å². The lowest BCUT2D eigenvalue weighted by Gasteiger charge is -2.27. The van der Waals surface area contributed by atoms with E-state index in [1.807, 2.05) is 44.2 Å². The van der Waals surface area contributed by atoms with Crippen molar-refractivity contribution in [2.45, 2.75) is 45.8 Å². The molecule has 0 saturated heterocycles. The van der Waals surface area contributed by atoms with Crippen LogP contribution >= 0.6 is 0 Å². The Morgan fingerprint density at radius 1 is 1.16 bits per heavy atom. The number of furan rings is 1. The predicted molar refractivity (Wildman–Crippen MR) is 141 cm³/mol. The van der Waals surface area contributed by atoms with Gasteiger partial charge in [0.1, 0.15) is 23.9 Å². The van der Waals surface area contributed by atoms with E-state index in [0.717, 1.165) is 16.7 Å². The Morgan fingerprint density at radius 3 is 2.51 bits per heavy atom. The van der Waals surface area contributed by atoms with Gasteiger partial charge in [-0.15, -0.1) is 0 Å². The number of carboxylic acids is 1. The van der Waals surface area contributed by atoms with Crippen molar-refractivity contribution in [2.75, 3.05) is 17.5 Å². The van der Waals surface area contributed by atoms with Gasteiger partial charge < -0.3 is 19.0 Å². The highest BCUT2D eigenvalue weighted by molar-refractivity contribution is 7.92. The van der Waals surface area contributed by atoms with Crippen molar-refractivity contribution in [3.63, 3.8) is 0 Å². The number of hydrogen-bond acceptors (Lipinski definition) is 6. The zero-order valence-electron chi connectivity index (χ0n) is 21.4. The lowest BCUT2D eigenvalue weighted by atomic mass is 10.1. The van der Waals surface area contributed by atoms with Crippen molar-refractivity contribution in [2.24, 2.45) is 5.92 Å². The van der Waals surface area contributed by atoms with Gasteiger partial charge in [0.25, 0.3) is 10.0 Å². The van der Waals surface area contributed by atoms with Crippen LogP contribution in [-0.4, -0.2) is 32.6 Å². The summed E-state index contributed by atoms with van der Waals surface area (Å²) in [5, 5.41) is 8.96. The highest BCUT2D eigenvalue weighted by Crippen LogP contribution is 2.41. The third-order valence-corrected chi connectivity index (χ3v) is 7.58. The normalized spacial score (nSPS) is 13.4. The van der Waals surface area contributed by atoms with Crippen molar-refractivity contribution in [1.29, 1.82) is 0 Å². The van der Waals surface area contributed by atoms with E-state index in [2.05, 4.69) is 0 Å². The molecule has 9 heteroatoms. The van der Waals surface area contributed by atoms with Crippen LogP contribution in [0.3, 0.4) is 0 Å². The fraction of sp³-hybridized carbons (Fsp3) is 0.321. The monoisotopic (exact) mass is 525 g/mol. The molecular weight excluding hydrogens is 494 g/mol. The smallest absolute Gasteiger partial charge is 0.331 e. The number of fused-ring (bicyclic) bond motifs is 1. The minimum absolute atomic E-state index is 0.0399. The Hall–Kier alpha value is -3.72. The van der Waals surface area contributed by atoms with E-state index in [-0.39, 0.29) is 29.7 Å². The number of carboxylic acid groups (broad SMARTS) is 1.